The topological polar surface area (TPSA) is 54.3 Å². The van der Waals surface area contributed by atoms with Crippen LogP contribution in [0.4, 0.5) is 11.4 Å². The van der Waals surface area contributed by atoms with E-state index in [-0.39, 0.29) is 5.91 Å². The molecule has 0 fully saturated rings. The van der Waals surface area contributed by atoms with Crippen LogP contribution in [-0.4, -0.2) is 13.0 Å². The fourth-order valence-corrected chi connectivity index (χ4v) is 2.04. The van der Waals surface area contributed by atoms with E-state index in [1.54, 1.807) is 6.07 Å². The highest BCUT2D eigenvalue weighted by Gasteiger charge is 2.12. The van der Waals surface area contributed by atoms with E-state index in [4.69, 9.17) is 4.42 Å². The van der Waals surface area contributed by atoms with Gasteiger partial charge in [0, 0.05) is 23.8 Å². The number of carbonyl (C=O) groups excluding carboxylic acids is 1. The van der Waals surface area contributed by atoms with Crippen LogP contribution in [-0.2, 0) is 0 Å². The summed E-state index contributed by atoms with van der Waals surface area (Å²) in [6, 6.07) is 16.8. The second kappa shape index (κ2) is 5.09. The highest BCUT2D eigenvalue weighted by molar-refractivity contribution is 6.04. The van der Waals surface area contributed by atoms with Gasteiger partial charge >= 0.3 is 0 Å². The van der Waals surface area contributed by atoms with Crippen molar-refractivity contribution in [1.29, 1.82) is 0 Å². The summed E-state index contributed by atoms with van der Waals surface area (Å²) in [5, 5.41) is 6.77. The van der Waals surface area contributed by atoms with E-state index in [9.17, 15) is 4.79 Å². The Bertz CT molecular complexity index is 729. The average Bonchev–Trinajstić information content (AvgIpc) is 2.91. The second-order valence-corrected chi connectivity index (χ2v) is 4.43. The molecule has 2 aromatic carbocycles. The first-order chi connectivity index (χ1) is 9.76. The molecule has 0 atom stereocenters. The standard InChI is InChI=1S/C16H14N2O2/c1-17-12-6-4-7-13(10-12)18-16(19)15-9-11-5-2-3-8-14(11)20-15/h2-10,17H,1H3,(H,18,19). The smallest absolute Gasteiger partial charge is 0.291 e. The molecule has 0 unspecified atom stereocenters. The van der Waals surface area contributed by atoms with Crippen LogP contribution in [0.5, 0.6) is 0 Å². The van der Waals surface area contributed by atoms with Gasteiger partial charge in [0.1, 0.15) is 5.58 Å². The Kier molecular flexibility index (Phi) is 3.13. The lowest BCUT2D eigenvalue weighted by molar-refractivity contribution is 0.0998. The molecule has 1 amide bonds. The van der Waals surface area contributed by atoms with Crippen molar-refractivity contribution in [3.8, 4) is 0 Å². The van der Waals surface area contributed by atoms with Crippen molar-refractivity contribution >= 4 is 28.3 Å². The number of rotatable bonds is 3. The highest BCUT2D eigenvalue weighted by atomic mass is 16.3. The molecule has 3 rings (SSSR count). The zero-order valence-electron chi connectivity index (χ0n) is 11.0. The minimum atomic E-state index is -0.255. The van der Waals surface area contributed by atoms with Gasteiger partial charge in [-0.15, -0.1) is 0 Å². The fraction of sp³-hybridized carbons (Fsp3) is 0.0625. The minimum absolute atomic E-state index is 0.255. The summed E-state index contributed by atoms with van der Waals surface area (Å²) in [6.45, 7) is 0. The minimum Gasteiger partial charge on any atom is -0.451 e. The van der Waals surface area contributed by atoms with Gasteiger partial charge in [-0.05, 0) is 30.3 Å². The summed E-state index contributed by atoms with van der Waals surface area (Å²) in [7, 11) is 1.83. The Morgan fingerprint density at radius 3 is 2.60 bits per heavy atom. The molecule has 3 aromatic rings. The molecule has 0 saturated carbocycles. The van der Waals surface area contributed by atoms with E-state index in [1.165, 1.54) is 0 Å². The summed E-state index contributed by atoms with van der Waals surface area (Å²) in [5.41, 5.74) is 2.37. The van der Waals surface area contributed by atoms with E-state index in [2.05, 4.69) is 10.6 Å². The molecule has 1 heterocycles. The molecular formula is C16H14N2O2. The molecule has 100 valence electrons. The maximum absolute atomic E-state index is 12.2. The number of anilines is 2. The molecule has 0 radical (unpaired) electrons. The number of hydrogen-bond donors (Lipinski definition) is 2. The van der Waals surface area contributed by atoms with Gasteiger partial charge in [0.05, 0.1) is 0 Å². The lowest BCUT2D eigenvalue weighted by Crippen LogP contribution is -2.10. The molecule has 4 heteroatoms. The van der Waals surface area contributed by atoms with Gasteiger partial charge in [0.2, 0.25) is 0 Å². The fourth-order valence-electron chi connectivity index (χ4n) is 2.04. The predicted molar refractivity (Wildman–Crippen MR) is 80.2 cm³/mol. The van der Waals surface area contributed by atoms with Gasteiger partial charge in [-0.25, -0.2) is 0 Å². The summed E-state index contributed by atoms with van der Waals surface area (Å²) >= 11 is 0. The largest absolute Gasteiger partial charge is 0.451 e. The average molecular weight is 266 g/mol. The number of benzene rings is 2. The van der Waals surface area contributed by atoms with Crippen molar-refractivity contribution in [1.82, 2.24) is 0 Å². The number of fused-ring (bicyclic) bond motifs is 1. The Morgan fingerprint density at radius 2 is 1.80 bits per heavy atom. The van der Waals surface area contributed by atoms with E-state index >= 15 is 0 Å². The zero-order chi connectivity index (χ0) is 13.9. The summed E-state index contributed by atoms with van der Waals surface area (Å²) < 4.78 is 5.53. The van der Waals surface area contributed by atoms with Crippen LogP contribution < -0.4 is 10.6 Å². The lowest BCUT2D eigenvalue weighted by Gasteiger charge is -2.05. The monoisotopic (exact) mass is 266 g/mol. The number of nitrogens with one attached hydrogen (secondary N) is 2. The van der Waals surface area contributed by atoms with E-state index < -0.39 is 0 Å². The van der Waals surface area contributed by atoms with Gasteiger partial charge in [-0.2, -0.15) is 0 Å². The SMILES string of the molecule is CNc1cccc(NC(=O)c2cc3ccccc3o2)c1. The molecule has 0 spiro atoms. The lowest BCUT2D eigenvalue weighted by atomic mass is 10.2. The number of para-hydroxylation sites is 1. The van der Waals surface area contributed by atoms with Gasteiger partial charge in [0.15, 0.2) is 5.76 Å². The van der Waals surface area contributed by atoms with Crippen LogP contribution in [0.15, 0.2) is 59.0 Å². The van der Waals surface area contributed by atoms with Crippen LogP contribution in [0, 0.1) is 0 Å². The Hall–Kier alpha value is -2.75. The van der Waals surface area contributed by atoms with Gasteiger partial charge in [-0.1, -0.05) is 24.3 Å². The van der Waals surface area contributed by atoms with Crippen LogP contribution in [0.25, 0.3) is 11.0 Å². The summed E-state index contributed by atoms with van der Waals surface area (Å²) in [5.74, 6) is 0.0514. The van der Waals surface area contributed by atoms with Crippen molar-refractivity contribution in [2.24, 2.45) is 0 Å². The van der Waals surface area contributed by atoms with Crippen LogP contribution in [0.1, 0.15) is 10.6 Å². The Balaban J connectivity index is 1.85. The molecule has 0 bridgehead atoms. The Morgan fingerprint density at radius 1 is 1.00 bits per heavy atom. The van der Waals surface area contributed by atoms with Crippen molar-refractivity contribution in [3.05, 3.63) is 60.4 Å². The molecule has 4 nitrogen and oxygen atoms in total. The van der Waals surface area contributed by atoms with E-state index in [0.29, 0.717) is 11.3 Å². The predicted octanol–water partition coefficient (Wildman–Crippen LogP) is 3.73. The number of hydrogen-bond acceptors (Lipinski definition) is 3. The van der Waals surface area contributed by atoms with Gasteiger partial charge in [-0.3, -0.25) is 4.79 Å². The van der Waals surface area contributed by atoms with Crippen LogP contribution >= 0.6 is 0 Å². The molecule has 0 aliphatic rings. The second-order valence-electron chi connectivity index (χ2n) is 4.43. The van der Waals surface area contributed by atoms with Gasteiger partial charge < -0.3 is 15.1 Å². The van der Waals surface area contributed by atoms with E-state index in [0.717, 1.165) is 16.8 Å². The van der Waals surface area contributed by atoms with Crippen molar-refractivity contribution in [2.75, 3.05) is 17.7 Å². The third kappa shape index (κ3) is 2.36. The first-order valence-corrected chi connectivity index (χ1v) is 6.34. The summed E-state index contributed by atoms with van der Waals surface area (Å²) in [4.78, 5) is 12.2. The molecule has 20 heavy (non-hydrogen) atoms. The molecule has 0 aliphatic heterocycles. The number of amides is 1. The molecule has 0 aliphatic carbocycles. The molecule has 0 saturated heterocycles. The third-order valence-corrected chi connectivity index (χ3v) is 3.06. The molecule has 1 aromatic heterocycles. The Labute approximate surface area is 116 Å². The molecular weight excluding hydrogens is 252 g/mol. The third-order valence-electron chi connectivity index (χ3n) is 3.06. The van der Waals surface area contributed by atoms with Crippen molar-refractivity contribution in [2.45, 2.75) is 0 Å². The maximum Gasteiger partial charge on any atom is 0.291 e. The van der Waals surface area contributed by atoms with Crippen LogP contribution in [0.3, 0.4) is 0 Å². The van der Waals surface area contributed by atoms with Crippen molar-refractivity contribution in [3.63, 3.8) is 0 Å². The normalized spacial score (nSPS) is 10.4. The molecule has 2 N–H and O–H groups in total. The maximum atomic E-state index is 12.2. The van der Waals surface area contributed by atoms with Crippen LogP contribution in [0.2, 0.25) is 0 Å². The highest BCUT2D eigenvalue weighted by Crippen LogP contribution is 2.20. The number of carbonyl (C=O) groups is 1. The first-order valence-electron chi connectivity index (χ1n) is 6.34. The van der Waals surface area contributed by atoms with Crippen molar-refractivity contribution < 1.29 is 9.21 Å². The quantitative estimate of drug-likeness (QED) is 0.759. The first kappa shape index (κ1) is 12.3. The number of furan rings is 1. The van der Waals surface area contributed by atoms with E-state index in [1.807, 2.05) is 55.6 Å². The zero-order valence-corrected chi connectivity index (χ0v) is 11.0. The van der Waals surface area contributed by atoms with Gasteiger partial charge in [0.25, 0.3) is 5.91 Å². The summed E-state index contributed by atoms with van der Waals surface area (Å²) in [6.07, 6.45) is 0.